The molecule has 1 amide bonds. The van der Waals surface area contributed by atoms with Crippen molar-refractivity contribution in [2.24, 2.45) is 0 Å². The van der Waals surface area contributed by atoms with E-state index in [1.165, 1.54) is 5.56 Å². The van der Waals surface area contributed by atoms with Crippen LogP contribution in [0.25, 0.3) is 0 Å². The maximum absolute atomic E-state index is 12.5. The zero-order chi connectivity index (χ0) is 13.4. The van der Waals surface area contributed by atoms with Gasteiger partial charge in [0.15, 0.2) is 0 Å². The van der Waals surface area contributed by atoms with E-state index in [4.69, 9.17) is 5.73 Å². The van der Waals surface area contributed by atoms with Crippen LogP contribution in [0.15, 0.2) is 46.9 Å². The average Bonchev–Trinajstić information content (AvgIpc) is 2.85. The number of para-hydroxylation sites is 1. The molecule has 3 rings (SSSR count). The van der Waals surface area contributed by atoms with Crippen LogP contribution in [0.2, 0.25) is 0 Å². The average molecular weight is 317 g/mol. The van der Waals surface area contributed by atoms with Crippen LogP contribution in [0, 0.1) is 0 Å². The van der Waals surface area contributed by atoms with Crippen LogP contribution in [0.5, 0.6) is 0 Å². The van der Waals surface area contributed by atoms with Crippen molar-refractivity contribution >= 4 is 33.2 Å². The standard InChI is InChI=1S/C15H13BrN2O/c16-12-6-5-11(9-13(12)17)15(19)18-8-7-10-3-1-2-4-14(10)18/h1-6,9H,7-8,17H2. The summed E-state index contributed by atoms with van der Waals surface area (Å²) in [6, 6.07) is 13.3. The lowest BCUT2D eigenvalue weighted by Crippen LogP contribution is -2.28. The SMILES string of the molecule is Nc1cc(C(=O)N2CCc3ccccc32)ccc1Br. The third-order valence-electron chi connectivity index (χ3n) is 3.38. The summed E-state index contributed by atoms with van der Waals surface area (Å²) in [5, 5.41) is 0. The smallest absolute Gasteiger partial charge is 0.258 e. The third kappa shape index (κ3) is 2.12. The highest BCUT2D eigenvalue weighted by Gasteiger charge is 2.25. The molecule has 0 fully saturated rings. The van der Waals surface area contributed by atoms with E-state index in [0.717, 1.165) is 23.1 Å². The minimum absolute atomic E-state index is 0.00384. The van der Waals surface area contributed by atoms with Crippen LogP contribution in [-0.2, 0) is 6.42 Å². The summed E-state index contributed by atoms with van der Waals surface area (Å²) >= 11 is 3.34. The number of carbonyl (C=O) groups is 1. The van der Waals surface area contributed by atoms with Crippen molar-refractivity contribution in [2.45, 2.75) is 6.42 Å². The normalized spacial score (nSPS) is 13.4. The van der Waals surface area contributed by atoms with E-state index in [1.807, 2.05) is 29.2 Å². The fourth-order valence-corrected chi connectivity index (χ4v) is 2.63. The largest absolute Gasteiger partial charge is 0.398 e. The highest BCUT2D eigenvalue weighted by atomic mass is 79.9. The van der Waals surface area contributed by atoms with Gasteiger partial charge in [-0.15, -0.1) is 0 Å². The molecule has 1 aliphatic heterocycles. The molecule has 4 heteroatoms. The van der Waals surface area contributed by atoms with E-state index >= 15 is 0 Å². The monoisotopic (exact) mass is 316 g/mol. The first kappa shape index (κ1) is 12.2. The topological polar surface area (TPSA) is 46.3 Å². The number of anilines is 2. The fraction of sp³-hybridized carbons (Fsp3) is 0.133. The molecule has 2 aromatic rings. The lowest BCUT2D eigenvalue weighted by atomic mass is 10.1. The molecule has 2 aromatic carbocycles. The number of carbonyl (C=O) groups excluding carboxylic acids is 1. The van der Waals surface area contributed by atoms with Crippen molar-refractivity contribution < 1.29 is 4.79 Å². The summed E-state index contributed by atoms with van der Waals surface area (Å²) in [6.45, 7) is 0.730. The van der Waals surface area contributed by atoms with Crippen LogP contribution in [-0.4, -0.2) is 12.5 Å². The molecule has 0 aromatic heterocycles. The summed E-state index contributed by atoms with van der Waals surface area (Å²) in [7, 11) is 0. The number of hydrogen-bond donors (Lipinski definition) is 1. The van der Waals surface area contributed by atoms with Crippen molar-refractivity contribution in [1.29, 1.82) is 0 Å². The van der Waals surface area contributed by atoms with Gasteiger partial charge < -0.3 is 10.6 Å². The molecule has 0 unspecified atom stereocenters. The van der Waals surface area contributed by atoms with Crippen LogP contribution in [0.1, 0.15) is 15.9 Å². The number of nitrogens with zero attached hydrogens (tertiary/aromatic N) is 1. The van der Waals surface area contributed by atoms with Gasteiger partial charge in [0.1, 0.15) is 0 Å². The zero-order valence-electron chi connectivity index (χ0n) is 10.3. The zero-order valence-corrected chi connectivity index (χ0v) is 11.9. The van der Waals surface area contributed by atoms with Gasteiger partial charge in [0.05, 0.1) is 0 Å². The minimum atomic E-state index is 0.00384. The van der Waals surface area contributed by atoms with Gasteiger partial charge in [-0.25, -0.2) is 0 Å². The number of hydrogen-bond acceptors (Lipinski definition) is 2. The van der Waals surface area contributed by atoms with Gasteiger partial charge in [-0.2, -0.15) is 0 Å². The Bertz CT molecular complexity index is 654. The Labute approximate surface area is 120 Å². The van der Waals surface area contributed by atoms with Gasteiger partial charge in [-0.3, -0.25) is 4.79 Å². The summed E-state index contributed by atoms with van der Waals surface area (Å²) in [5.74, 6) is 0.00384. The second-order valence-corrected chi connectivity index (χ2v) is 5.43. The second-order valence-electron chi connectivity index (χ2n) is 4.57. The molecule has 19 heavy (non-hydrogen) atoms. The fourth-order valence-electron chi connectivity index (χ4n) is 2.38. The summed E-state index contributed by atoms with van der Waals surface area (Å²) in [6.07, 6.45) is 0.911. The first-order valence-electron chi connectivity index (χ1n) is 6.11. The molecule has 0 saturated heterocycles. The van der Waals surface area contributed by atoms with Gasteiger partial charge >= 0.3 is 0 Å². The Morgan fingerprint density at radius 3 is 2.79 bits per heavy atom. The van der Waals surface area contributed by atoms with Crippen molar-refractivity contribution in [3.05, 3.63) is 58.1 Å². The molecular formula is C15H13BrN2O. The first-order valence-corrected chi connectivity index (χ1v) is 6.91. The molecule has 96 valence electrons. The number of nitrogen functional groups attached to an aromatic ring is 1. The molecule has 1 heterocycles. The number of halogens is 1. The van der Waals surface area contributed by atoms with Crippen LogP contribution >= 0.6 is 15.9 Å². The molecule has 2 N–H and O–H groups in total. The Hall–Kier alpha value is -1.81. The molecular weight excluding hydrogens is 304 g/mol. The quantitative estimate of drug-likeness (QED) is 0.821. The molecule has 0 atom stereocenters. The molecule has 0 saturated carbocycles. The highest BCUT2D eigenvalue weighted by Crippen LogP contribution is 2.29. The lowest BCUT2D eigenvalue weighted by Gasteiger charge is -2.17. The Balaban J connectivity index is 1.95. The Morgan fingerprint density at radius 2 is 2.00 bits per heavy atom. The molecule has 0 aliphatic carbocycles. The van der Waals surface area contributed by atoms with Gasteiger partial charge in [0, 0.05) is 28.0 Å². The maximum atomic E-state index is 12.5. The van der Waals surface area contributed by atoms with E-state index < -0.39 is 0 Å². The first-order chi connectivity index (χ1) is 9.16. The van der Waals surface area contributed by atoms with E-state index in [2.05, 4.69) is 22.0 Å². The van der Waals surface area contributed by atoms with Gasteiger partial charge in [0.25, 0.3) is 5.91 Å². The second kappa shape index (κ2) is 4.70. The minimum Gasteiger partial charge on any atom is -0.398 e. The summed E-state index contributed by atoms with van der Waals surface area (Å²) in [5.41, 5.74) is 9.27. The van der Waals surface area contributed by atoms with Gasteiger partial charge in [-0.1, -0.05) is 18.2 Å². The molecule has 1 aliphatic rings. The predicted molar refractivity (Wildman–Crippen MR) is 80.4 cm³/mol. The Morgan fingerprint density at radius 1 is 1.21 bits per heavy atom. The number of amides is 1. The number of benzene rings is 2. The molecule has 3 nitrogen and oxygen atoms in total. The third-order valence-corrected chi connectivity index (χ3v) is 4.10. The van der Waals surface area contributed by atoms with Crippen molar-refractivity contribution in [2.75, 3.05) is 17.2 Å². The van der Waals surface area contributed by atoms with Crippen molar-refractivity contribution in [3.63, 3.8) is 0 Å². The van der Waals surface area contributed by atoms with E-state index in [9.17, 15) is 4.79 Å². The Kier molecular flexibility index (Phi) is 3.03. The maximum Gasteiger partial charge on any atom is 0.258 e. The highest BCUT2D eigenvalue weighted by molar-refractivity contribution is 9.10. The van der Waals surface area contributed by atoms with E-state index in [-0.39, 0.29) is 5.91 Å². The summed E-state index contributed by atoms with van der Waals surface area (Å²) in [4.78, 5) is 14.3. The van der Waals surface area contributed by atoms with E-state index in [0.29, 0.717) is 11.3 Å². The molecule has 0 bridgehead atoms. The van der Waals surface area contributed by atoms with E-state index in [1.54, 1.807) is 12.1 Å². The van der Waals surface area contributed by atoms with Crippen molar-refractivity contribution in [3.8, 4) is 0 Å². The summed E-state index contributed by atoms with van der Waals surface area (Å²) < 4.78 is 0.811. The predicted octanol–water partition coefficient (Wildman–Crippen LogP) is 3.23. The van der Waals surface area contributed by atoms with Crippen LogP contribution in [0.4, 0.5) is 11.4 Å². The van der Waals surface area contributed by atoms with Crippen LogP contribution in [0.3, 0.4) is 0 Å². The number of nitrogens with two attached hydrogens (primary N) is 1. The van der Waals surface area contributed by atoms with Crippen LogP contribution < -0.4 is 10.6 Å². The van der Waals surface area contributed by atoms with Gasteiger partial charge in [0.2, 0.25) is 0 Å². The van der Waals surface area contributed by atoms with Gasteiger partial charge in [-0.05, 0) is 52.2 Å². The molecule has 0 spiro atoms. The molecule has 0 radical (unpaired) electrons. The lowest BCUT2D eigenvalue weighted by molar-refractivity contribution is 0.0989. The van der Waals surface area contributed by atoms with Crippen molar-refractivity contribution in [1.82, 2.24) is 0 Å². The number of rotatable bonds is 1. The number of fused-ring (bicyclic) bond motifs is 1.